The first-order chi connectivity index (χ1) is 27.0. The molecule has 4 N–H and O–H groups in total. The lowest BCUT2D eigenvalue weighted by Gasteiger charge is -2.27. The van der Waals surface area contributed by atoms with Crippen LogP contribution >= 0.6 is 0 Å². The van der Waals surface area contributed by atoms with E-state index in [1.807, 2.05) is 12.1 Å². The van der Waals surface area contributed by atoms with Gasteiger partial charge >= 0.3 is 0 Å². The number of rotatable bonds is 17. The third-order valence-corrected chi connectivity index (χ3v) is 10.2. The maximum Gasteiger partial charge on any atom is 0.276 e. The van der Waals surface area contributed by atoms with Crippen LogP contribution in [0.3, 0.4) is 0 Å². The number of unbranched alkanes of at least 4 members (excludes halogenated alkanes) is 2. The Bertz CT molecular complexity index is 2230. The summed E-state index contributed by atoms with van der Waals surface area (Å²) in [6.07, 6.45) is 7.85. The Hall–Kier alpha value is -6.32. The minimum Gasteiger partial charge on any atom is -0.496 e. The van der Waals surface area contributed by atoms with Crippen molar-refractivity contribution in [3.05, 3.63) is 75.3 Å². The molecule has 294 valence electrons. The predicted molar refractivity (Wildman–Crippen MR) is 204 cm³/mol. The lowest BCUT2D eigenvalue weighted by molar-refractivity contribution is -0.136. The van der Waals surface area contributed by atoms with Gasteiger partial charge in [0.15, 0.2) is 0 Å². The molecule has 4 aromatic rings. The van der Waals surface area contributed by atoms with Gasteiger partial charge in [-0.25, -0.2) is 0 Å². The van der Waals surface area contributed by atoms with E-state index >= 15 is 0 Å². The zero-order chi connectivity index (χ0) is 39.9. The van der Waals surface area contributed by atoms with Gasteiger partial charge in [0.25, 0.3) is 17.4 Å². The van der Waals surface area contributed by atoms with Crippen LogP contribution in [0.15, 0.2) is 47.5 Å². The molecule has 2 aromatic carbocycles. The van der Waals surface area contributed by atoms with Crippen LogP contribution in [0.1, 0.15) is 83.2 Å². The van der Waals surface area contributed by atoms with E-state index in [-0.39, 0.29) is 47.8 Å². The SMILES string of the molecule is COc1cc(-c2cn(C)c(=O)c3[nH]ncc23)cc(OC)c1CCCC(=O)NCCCCCNC(=O)CCc1ccc2c(c1)C(=O)N(C1CCC(=O)NC1=O)C2=O. The van der Waals surface area contributed by atoms with Crippen molar-refractivity contribution in [2.45, 2.75) is 70.3 Å². The topological polar surface area (TPSA) is 211 Å². The largest absolute Gasteiger partial charge is 0.496 e. The van der Waals surface area contributed by atoms with Crippen molar-refractivity contribution in [2.75, 3.05) is 27.3 Å². The molecule has 0 radical (unpaired) electrons. The molecule has 56 heavy (non-hydrogen) atoms. The standard InChI is InChI=1S/C40H45N7O9/c1-46-22-29(28-21-43-45-36(28)40(46)54)24-19-31(55-2)26(32(20-24)56-3)8-7-9-33(48)41-16-5-4-6-17-42-34(49)14-11-23-10-12-25-27(18-23)39(53)47(38(25)52)30-13-15-35(50)44-37(30)51/h10,12,18-22,30H,4-9,11,13-17H2,1-3H3,(H,41,48)(H,42,49)(H,43,45)(H,44,50,51). The second-order valence-corrected chi connectivity index (χ2v) is 13.9. The Morgan fingerprint density at radius 2 is 1.52 bits per heavy atom. The van der Waals surface area contributed by atoms with Crippen molar-refractivity contribution in [1.29, 1.82) is 0 Å². The highest BCUT2D eigenvalue weighted by atomic mass is 16.5. The Kier molecular flexibility index (Phi) is 12.3. The van der Waals surface area contributed by atoms with Crippen LogP contribution < -0.4 is 31.0 Å². The molecule has 6 rings (SSSR count). The molecule has 0 spiro atoms. The van der Waals surface area contributed by atoms with Crippen molar-refractivity contribution in [1.82, 2.24) is 35.6 Å². The fourth-order valence-corrected chi connectivity index (χ4v) is 7.18. The van der Waals surface area contributed by atoms with Crippen LogP contribution in [0, 0.1) is 0 Å². The predicted octanol–water partition coefficient (Wildman–Crippen LogP) is 2.71. The maximum absolute atomic E-state index is 13.1. The molecular weight excluding hydrogens is 722 g/mol. The number of imide groups is 2. The number of piperidine rings is 1. The smallest absolute Gasteiger partial charge is 0.276 e. The van der Waals surface area contributed by atoms with Crippen molar-refractivity contribution in [3.8, 4) is 22.6 Å². The number of hydrogen-bond acceptors (Lipinski definition) is 10. The van der Waals surface area contributed by atoms with Gasteiger partial charge in [-0.3, -0.25) is 48.9 Å². The van der Waals surface area contributed by atoms with Gasteiger partial charge in [0.05, 0.1) is 31.5 Å². The minimum absolute atomic E-state index is 0.0478. The summed E-state index contributed by atoms with van der Waals surface area (Å²) in [5.41, 5.74) is 3.79. The highest BCUT2D eigenvalue weighted by Gasteiger charge is 2.44. The Labute approximate surface area is 322 Å². The van der Waals surface area contributed by atoms with Crippen LogP contribution in [0.4, 0.5) is 0 Å². The average Bonchev–Trinajstić information content (AvgIpc) is 3.77. The van der Waals surface area contributed by atoms with E-state index in [0.29, 0.717) is 66.7 Å². The van der Waals surface area contributed by atoms with Gasteiger partial charge < -0.3 is 24.7 Å². The molecule has 2 aromatic heterocycles. The van der Waals surface area contributed by atoms with Crippen LogP contribution in [0.25, 0.3) is 22.0 Å². The lowest BCUT2D eigenvalue weighted by Crippen LogP contribution is -2.54. The van der Waals surface area contributed by atoms with Gasteiger partial charge in [0.2, 0.25) is 23.6 Å². The third-order valence-electron chi connectivity index (χ3n) is 10.2. The van der Waals surface area contributed by atoms with Crippen molar-refractivity contribution < 1.29 is 38.2 Å². The maximum atomic E-state index is 13.1. The molecule has 2 aliphatic rings. The number of pyridine rings is 1. The number of benzene rings is 2. The number of carbonyl (C=O) groups is 6. The number of nitrogens with one attached hydrogen (secondary N) is 4. The monoisotopic (exact) mass is 767 g/mol. The van der Waals surface area contributed by atoms with E-state index < -0.39 is 29.7 Å². The van der Waals surface area contributed by atoms with Crippen molar-refractivity contribution in [2.24, 2.45) is 7.05 Å². The highest BCUT2D eigenvalue weighted by Crippen LogP contribution is 2.38. The number of ether oxygens (including phenoxy) is 2. The Morgan fingerprint density at radius 3 is 2.20 bits per heavy atom. The number of H-pyrrole nitrogens is 1. The first-order valence-electron chi connectivity index (χ1n) is 18.7. The summed E-state index contributed by atoms with van der Waals surface area (Å²) in [6.45, 7) is 1.01. The molecule has 1 unspecified atom stereocenters. The summed E-state index contributed by atoms with van der Waals surface area (Å²) >= 11 is 0. The van der Waals surface area contributed by atoms with E-state index in [2.05, 4.69) is 26.1 Å². The van der Waals surface area contributed by atoms with Gasteiger partial charge in [-0.2, -0.15) is 5.10 Å². The fraction of sp³-hybridized carbons (Fsp3) is 0.400. The number of fused-ring (bicyclic) bond motifs is 2. The van der Waals surface area contributed by atoms with Gasteiger partial charge in [-0.1, -0.05) is 6.07 Å². The van der Waals surface area contributed by atoms with E-state index in [4.69, 9.17) is 9.47 Å². The van der Waals surface area contributed by atoms with Gasteiger partial charge in [0.1, 0.15) is 23.1 Å². The Balaban J connectivity index is 0.876. The summed E-state index contributed by atoms with van der Waals surface area (Å²) in [5, 5.41) is 15.6. The molecule has 0 bridgehead atoms. The van der Waals surface area contributed by atoms with E-state index in [1.54, 1.807) is 51.9 Å². The average molecular weight is 768 g/mol. The van der Waals surface area contributed by atoms with Crippen molar-refractivity contribution >= 4 is 46.3 Å². The van der Waals surface area contributed by atoms with Crippen LogP contribution in [-0.4, -0.2) is 88.5 Å². The molecule has 1 atom stereocenters. The highest BCUT2D eigenvalue weighted by molar-refractivity contribution is 6.23. The first kappa shape index (κ1) is 39.4. The molecule has 1 fully saturated rings. The number of hydrogen-bond donors (Lipinski definition) is 4. The lowest BCUT2D eigenvalue weighted by atomic mass is 9.98. The molecule has 1 saturated heterocycles. The van der Waals surface area contributed by atoms with Crippen molar-refractivity contribution in [3.63, 3.8) is 0 Å². The summed E-state index contributed by atoms with van der Waals surface area (Å²) in [4.78, 5) is 88.3. The molecule has 0 aliphatic carbocycles. The molecule has 6 amide bonds. The van der Waals surface area contributed by atoms with E-state index in [1.165, 1.54) is 4.57 Å². The van der Waals surface area contributed by atoms with E-state index in [0.717, 1.165) is 40.9 Å². The number of amides is 6. The second kappa shape index (κ2) is 17.4. The minimum atomic E-state index is -1.03. The Morgan fingerprint density at radius 1 is 0.839 bits per heavy atom. The second-order valence-electron chi connectivity index (χ2n) is 13.9. The van der Waals surface area contributed by atoms with Crippen LogP contribution in [0.2, 0.25) is 0 Å². The number of aryl methyl sites for hydroxylation is 2. The zero-order valence-electron chi connectivity index (χ0n) is 31.6. The number of aromatic amines is 1. The van der Waals surface area contributed by atoms with Gasteiger partial charge in [-0.05, 0) is 80.3 Å². The summed E-state index contributed by atoms with van der Waals surface area (Å²) < 4.78 is 12.9. The number of aromatic nitrogens is 3. The normalized spacial score (nSPS) is 15.2. The number of carbonyl (C=O) groups excluding carboxylic acids is 6. The molecule has 16 nitrogen and oxygen atoms in total. The summed E-state index contributed by atoms with van der Waals surface area (Å²) in [5.74, 6) is -1.20. The molecular formula is C40H45N7O9. The van der Waals surface area contributed by atoms with Gasteiger partial charge in [0, 0.05) is 62.1 Å². The fourth-order valence-electron chi connectivity index (χ4n) is 7.18. The molecule has 0 saturated carbocycles. The molecule has 2 aliphatic heterocycles. The van der Waals surface area contributed by atoms with Crippen LogP contribution in [0.5, 0.6) is 11.5 Å². The third kappa shape index (κ3) is 8.48. The van der Waals surface area contributed by atoms with Gasteiger partial charge in [-0.15, -0.1) is 0 Å². The number of methoxy groups -OCH3 is 2. The summed E-state index contributed by atoms with van der Waals surface area (Å²) in [7, 11) is 4.85. The quantitative estimate of drug-likeness (QED) is 0.0912. The molecule has 4 heterocycles. The van der Waals surface area contributed by atoms with Crippen LogP contribution in [-0.2, 0) is 39.1 Å². The molecule has 16 heteroatoms. The first-order valence-corrected chi connectivity index (χ1v) is 18.7. The van der Waals surface area contributed by atoms with E-state index in [9.17, 15) is 33.6 Å². The number of nitrogens with zero attached hydrogens (tertiary/aromatic N) is 3. The summed E-state index contributed by atoms with van der Waals surface area (Å²) in [6, 6.07) is 7.59. The zero-order valence-corrected chi connectivity index (χ0v) is 31.6.